The summed E-state index contributed by atoms with van der Waals surface area (Å²) in [4.78, 5) is 6.94. The lowest BCUT2D eigenvalue weighted by Gasteiger charge is -2.23. The fourth-order valence-corrected chi connectivity index (χ4v) is 2.48. The van der Waals surface area contributed by atoms with Gasteiger partial charge in [-0.05, 0) is 50.9 Å². The SMILES string of the molecule is NCCCC1CCCN1Cc1ccccn1. The van der Waals surface area contributed by atoms with E-state index in [1.165, 1.54) is 31.5 Å². The first-order valence-corrected chi connectivity index (χ1v) is 6.24. The number of nitrogens with zero attached hydrogens (tertiary/aromatic N) is 2. The van der Waals surface area contributed by atoms with Crippen LogP contribution in [0.25, 0.3) is 0 Å². The van der Waals surface area contributed by atoms with Crippen LogP contribution in [-0.4, -0.2) is 29.0 Å². The van der Waals surface area contributed by atoms with E-state index in [2.05, 4.69) is 22.0 Å². The molecule has 1 aromatic rings. The van der Waals surface area contributed by atoms with E-state index in [-0.39, 0.29) is 0 Å². The molecule has 0 aliphatic carbocycles. The predicted octanol–water partition coefficient (Wildman–Crippen LogP) is 1.78. The summed E-state index contributed by atoms with van der Waals surface area (Å²) in [7, 11) is 0. The van der Waals surface area contributed by atoms with E-state index in [9.17, 15) is 0 Å². The molecule has 0 spiro atoms. The highest BCUT2D eigenvalue weighted by molar-refractivity contribution is 5.04. The van der Waals surface area contributed by atoms with Crippen molar-refractivity contribution >= 4 is 0 Å². The Bertz CT molecular complexity index is 299. The second-order valence-corrected chi connectivity index (χ2v) is 4.52. The quantitative estimate of drug-likeness (QED) is 0.821. The zero-order valence-corrected chi connectivity index (χ0v) is 9.81. The molecule has 0 aromatic carbocycles. The van der Waals surface area contributed by atoms with Gasteiger partial charge in [-0.25, -0.2) is 0 Å². The monoisotopic (exact) mass is 219 g/mol. The van der Waals surface area contributed by atoms with Gasteiger partial charge in [0.1, 0.15) is 0 Å². The maximum Gasteiger partial charge on any atom is 0.0544 e. The van der Waals surface area contributed by atoms with Gasteiger partial charge in [0.2, 0.25) is 0 Å². The zero-order valence-electron chi connectivity index (χ0n) is 9.81. The predicted molar refractivity (Wildman–Crippen MR) is 66.0 cm³/mol. The number of rotatable bonds is 5. The molecule has 1 aromatic heterocycles. The van der Waals surface area contributed by atoms with Gasteiger partial charge in [0.05, 0.1) is 5.69 Å². The molecule has 16 heavy (non-hydrogen) atoms. The Morgan fingerprint density at radius 1 is 1.44 bits per heavy atom. The Balaban J connectivity index is 1.88. The van der Waals surface area contributed by atoms with Crippen molar-refractivity contribution in [2.75, 3.05) is 13.1 Å². The molecule has 0 bridgehead atoms. The number of nitrogens with two attached hydrogens (primary N) is 1. The Hall–Kier alpha value is -0.930. The number of hydrogen-bond donors (Lipinski definition) is 1. The summed E-state index contributed by atoms with van der Waals surface area (Å²) >= 11 is 0. The molecule has 1 aliphatic rings. The summed E-state index contributed by atoms with van der Waals surface area (Å²) < 4.78 is 0. The molecule has 0 radical (unpaired) electrons. The molecule has 1 unspecified atom stereocenters. The minimum Gasteiger partial charge on any atom is -0.330 e. The van der Waals surface area contributed by atoms with E-state index in [4.69, 9.17) is 5.73 Å². The van der Waals surface area contributed by atoms with Crippen LogP contribution in [0.15, 0.2) is 24.4 Å². The van der Waals surface area contributed by atoms with Crippen molar-refractivity contribution in [3.05, 3.63) is 30.1 Å². The fourth-order valence-electron chi connectivity index (χ4n) is 2.48. The van der Waals surface area contributed by atoms with Crippen LogP contribution in [0.4, 0.5) is 0 Å². The third-order valence-corrected chi connectivity index (χ3v) is 3.33. The van der Waals surface area contributed by atoms with Crippen LogP contribution in [-0.2, 0) is 6.54 Å². The molecule has 3 heteroatoms. The average Bonchev–Trinajstić information content (AvgIpc) is 2.75. The van der Waals surface area contributed by atoms with Gasteiger partial charge in [-0.1, -0.05) is 6.07 Å². The first kappa shape index (κ1) is 11.6. The van der Waals surface area contributed by atoms with Crippen molar-refractivity contribution in [1.29, 1.82) is 0 Å². The van der Waals surface area contributed by atoms with E-state index in [1.54, 1.807) is 0 Å². The molecule has 2 heterocycles. The Kier molecular flexibility index (Phi) is 4.31. The maximum atomic E-state index is 5.57. The second-order valence-electron chi connectivity index (χ2n) is 4.52. The highest BCUT2D eigenvalue weighted by atomic mass is 15.2. The van der Waals surface area contributed by atoms with Gasteiger partial charge < -0.3 is 5.73 Å². The van der Waals surface area contributed by atoms with Crippen LogP contribution in [0.3, 0.4) is 0 Å². The molecule has 88 valence electrons. The first-order chi connectivity index (χ1) is 7.90. The van der Waals surface area contributed by atoms with Crippen molar-refractivity contribution in [2.24, 2.45) is 5.73 Å². The van der Waals surface area contributed by atoms with E-state index in [1.807, 2.05) is 12.3 Å². The molecule has 2 N–H and O–H groups in total. The lowest BCUT2D eigenvalue weighted by molar-refractivity contribution is 0.230. The first-order valence-electron chi connectivity index (χ1n) is 6.24. The zero-order chi connectivity index (χ0) is 11.2. The molecular weight excluding hydrogens is 198 g/mol. The summed E-state index contributed by atoms with van der Waals surface area (Å²) in [5.74, 6) is 0. The molecule has 2 rings (SSSR count). The largest absolute Gasteiger partial charge is 0.330 e. The van der Waals surface area contributed by atoms with E-state index >= 15 is 0 Å². The normalized spacial score (nSPS) is 21.4. The van der Waals surface area contributed by atoms with Gasteiger partial charge in [-0.2, -0.15) is 0 Å². The smallest absolute Gasteiger partial charge is 0.0544 e. The molecule has 1 atom stereocenters. The van der Waals surface area contributed by atoms with E-state index < -0.39 is 0 Å². The molecule has 1 saturated heterocycles. The molecule has 3 nitrogen and oxygen atoms in total. The van der Waals surface area contributed by atoms with Crippen molar-refractivity contribution < 1.29 is 0 Å². The highest BCUT2D eigenvalue weighted by Gasteiger charge is 2.23. The minimum atomic E-state index is 0.727. The van der Waals surface area contributed by atoms with Gasteiger partial charge in [-0.15, -0.1) is 0 Å². The highest BCUT2D eigenvalue weighted by Crippen LogP contribution is 2.22. The summed E-state index contributed by atoms with van der Waals surface area (Å²) in [5.41, 5.74) is 6.76. The molecular formula is C13H21N3. The molecule has 1 aliphatic heterocycles. The van der Waals surface area contributed by atoms with Gasteiger partial charge >= 0.3 is 0 Å². The van der Waals surface area contributed by atoms with Gasteiger partial charge in [0.15, 0.2) is 0 Å². The number of hydrogen-bond acceptors (Lipinski definition) is 3. The van der Waals surface area contributed by atoms with E-state index in [0.717, 1.165) is 25.6 Å². The molecule has 0 saturated carbocycles. The summed E-state index contributed by atoms with van der Waals surface area (Å²) in [6, 6.07) is 6.87. The van der Waals surface area contributed by atoms with Crippen LogP contribution < -0.4 is 5.73 Å². The minimum absolute atomic E-state index is 0.727. The van der Waals surface area contributed by atoms with Crippen LogP contribution in [0, 0.1) is 0 Å². The van der Waals surface area contributed by atoms with Crippen LogP contribution in [0.5, 0.6) is 0 Å². The second kappa shape index (κ2) is 5.97. The Morgan fingerprint density at radius 2 is 2.38 bits per heavy atom. The summed E-state index contributed by atoms with van der Waals surface area (Å²) in [6.07, 6.45) is 6.90. The van der Waals surface area contributed by atoms with Gasteiger partial charge in [-0.3, -0.25) is 9.88 Å². The van der Waals surface area contributed by atoms with E-state index in [0.29, 0.717) is 0 Å². The fraction of sp³-hybridized carbons (Fsp3) is 0.615. The lowest BCUT2D eigenvalue weighted by atomic mass is 10.1. The Labute approximate surface area is 97.7 Å². The maximum absolute atomic E-state index is 5.57. The van der Waals surface area contributed by atoms with Crippen molar-refractivity contribution in [2.45, 2.75) is 38.3 Å². The average molecular weight is 219 g/mol. The molecule has 1 fully saturated rings. The van der Waals surface area contributed by atoms with Crippen molar-refractivity contribution in [3.8, 4) is 0 Å². The Morgan fingerprint density at radius 3 is 3.12 bits per heavy atom. The van der Waals surface area contributed by atoms with Crippen molar-refractivity contribution in [3.63, 3.8) is 0 Å². The van der Waals surface area contributed by atoms with Gasteiger partial charge in [0, 0.05) is 18.8 Å². The third kappa shape index (κ3) is 3.03. The number of likely N-dealkylation sites (tertiary alicyclic amines) is 1. The van der Waals surface area contributed by atoms with Crippen LogP contribution in [0.2, 0.25) is 0 Å². The number of pyridine rings is 1. The van der Waals surface area contributed by atoms with Crippen LogP contribution >= 0.6 is 0 Å². The summed E-state index contributed by atoms with van der Waals surface area (Å²) in [6.45, 7) is 3.02. The van der Waals surface area contributed by atoms with Crippen LogP contribution in [0.1, 0.15) is 31.4 Å². The number of aromatic nitrogens is 1. The molecule has 0 amide bonds. The standard InChI is InChI=1S/C13H21N3/c14-8-3-6-13-7-4-10-16(13)11-12-5-1-2-9-15-12/h1-2,5,9,13H,3-4,6-8,10-11,14H2. The van der Waals surface area contributed by atoms with Crippen molar-refractivity contribution in [1.82, 2.24) is 9.88 Å². The lowest BCUT2D eigenvalue weighted by Crippen LogP contribution is -2.29. The summed E-state index contributed by atoms with van der Waals surface area (Å²) in [5, 5.41) is 0. The third-order valence-electron chi connectivity index (χ3n) is 3.33. The van der Waals surface area contributed by atoms with Gasteiger partial charge in [0.25, 0.3) is 0 Å². The topological polar surface area (TPSA) is 42.1 Å².